The molecule has 0 spiro atoms. The first-order chi connectivity index (χ1) is 16.9. The number of amides is 2. The number of hydrogen-bond acceptors (Lipinski definition) is 7. The number of carbonyl (C=O) groups is 2. The highest BCUT2D eigenvalue weighted by molar-refractivity contribution is 6.27. The number of nitrogens with two attached hydrogens (primary N) is 1. The van der Waals surface area contributed by atoms with Gasteiger partial charge in [-0.25, -0.2) is 4.90 Å². The molecule has 1 aliphatic heterocycles. The fraction of sp³-hybridized carbons (Fsp3) is 0.259. The van der Waals surface area contributed by atoms with Crippen LogP contribution >= 0.6 is 0 Å². The molecule has 1 heterocycles. The van der Waals surface area contributed by atoms with Crippen LogP contribution in [0.1, 0.15) is 27.1 Å². The highest BCUT2D eigenvalue weighted by atomic mass is 16.5. The molecule has 0 radical (unpaired) electrons. The zero-order valence-electron chi connectivity index (χ0n) is 20.0. The molecule has 0 bridgehead atoms. The minimum absolute atomic E-state index is 0.0436. The van der Waals surface area contributed by atoms with Crippen molar-refractivity contribution in [2.24, 2.45) is 0 Å². The molecule has 4 rings (SSSR count). The average molecular weight is 475 g/mol. The van der Waals surface area contributed by atoms with Crippen LogP contribution in [0.5, 0.6) is 11.5 Å². The number of hydrogen-bond donors (Lipinski definition) is 2. The molecule has 8 nitrogen and oxygen atoms in total. The number of imide groups is 1. The van der Waals surface area contributed by atoms with E-state index in [0.717, 1.165) is 43.2 Å². The Hall–Kier alpha value is -4.04. The van der Waals surface area contributed by atoms with Crippen LogP contribution in [0.3, 0.4) is 0 Å². The predicted octanol–water partition coefficient (Wildman–Crippen LogP) is 3.61. The fourth-order valence-corrected chi connectivity index (χ4v) is 4.20. The van der Waals surface area contributed by atoms with Crippen LogP contribution in [-0.2, 0) is 0 Å². The second-order valence-electron chi connectivity index (χ2n) is 8.58. The number of nitrogen functional groups attached to an aromatic ring is 1. The Balaban J connectivity index is 1.67. The molecule has 3 N–H and O–H groups in total. The van der Waals surface area contributed by atoms with Crippen molar-refractivity contribution in [3.63, 3.8) is 0 Å². The van der Waals surface area contributed by atoms with E-state index >= 15 is 0 Å². The SMILES string of the molecule is COc1ccc(C(=O)N(C(=O)c2ccc(N3CCCN(C)CC3)cc2)c2c(N)cccc2O)cc1. The Kier molecular flexibility index (Phi) is 7.22. The monoisotopic (exact) mass is 474 g/mol. The number of benzene rings is 3. The number of aromatic hydroxyl groups is 1. The number of ether oxygens (including phenoxy) is 1. The van der Waals surface area contributed by atoms with Gasteiger partial charge in [-0.2, -0.15) is 0 Å². The first kappa shape index (κ1) is 24.1. The van der Waals surface area contributed by atoms with Crippen LogP contribution in [0.2, 0.25) is 0 Å². The number of anilines is 3. The summed E-state index contributed by atoms with van der Waals surface area (Å²) < 4.78 is 5.17. The van der Waals surface area contributed by atoms with Crippen LogP contribution in [0, 0.1) is 0 Å². The van der Waals surface area contributed by atoms with Gasteiger partial charge in [0.1, 0.15) is 17.2 Å². The highest BCUT2D eigenvalue weighted by Gasteiger charge is 2.30. The largest absolute Gasteiger partial charge is 0.506 e. The molecule has 1 aliphatic rings. The lowest BCUT2D eigenvalue weighted by Crippen LogP contribution is -2.37. The number of phenolic OH excluding ortho intramolecular Hbond substituents is 1. The molecule has 35 heavy (non-hydrogen) atoms. The van der Waals surface area contributed by atoms with Crippen LogP contribution in [0.15, 0.2) is 66.7 Å². The third kappa shape index (κ3) is 5.22. The summed E-state index contributed by atoms with van der Waals surface area (Å²) in [6.45, 7) is 3.86. The summed E-state index contributed by atoms with van der Waals surface area (Å²) in [6, 6.07) is 18.1. The van der Waals surface area contributed by atoms with Gasteiger partial charge in [-0.1, -0.05) is 6.07 Å². The lowest BCUT2D eigenvalue weighted by atomic mass is 10.1. The number of likely N-dealkylation sites (N-methyl/N-ethyl adjacent to an activating group) is 1. The van der Waals surface area contributed by atoms with Gasteiger partial charge >= 0.3 is 0 Å². The van der Waals surface area contributed by atoms with E-state index in [-0.39, 0.29) is 22.7 Å². The van der Waals surface area contributed by atoms with Crippen LogP contribution < -0.4 is 20.3 Å². The van der Waals surface area contributed by atoms with Gasteiger partial charge in [0.25, 0.3) is 11.8 Å². The second-order valence-corrected chi connectivity index (χ2v) is 8.58. The predicted molar refractivity (Wildman–Crippen MR) is 137 cm³/mol. The van der Waals surface area contributed by atoms with E-state index in [4.69, 9.17) is 10.5 Å². The minimum Gasteiger partial charge on any atom is -0.506 e. The number of para-hydroxylation sites is 1. The molecule has 2 amide bonds. The Morgan fingerprint density at radius 2 is 1.51 bits per heavy atom. The van der Waals surface area contributed by atoms with Crippen molar-refractivity contribution in [3.8, 4) is 11.5 Å². The summed E-state index contributed by atoms with van der Waals surface area (Å²) in [4.78, 5) is 32.7. The highest BCUT2D eigenvalue weighted by Crippen LogP contribution is 2.35. The molecule has 3 aromatic carbocycles. The van der Waals surface area contributed by atoms with E-state index in [2.05, 4.69) is 16.8 Å². The van der Waals surface area contributed by atoms with Crippen molar-refractivity contribution in [1.29, 1.82) is 0 Å². The quantitative estimate of drug-likeness (QED) is 0.430. The Morgan fingerprint density at radius 3 is 2.11 bits per heavy atom. The first-order valence-electron chi connectivity index (χ1n) is 11.5. The van der Waals surface area contributed by atoms with Gasteiger partial charge in [0.2, 0.25) is 0 Å². The zero-order chi connectivity index (χ0) is 24.9. The molecule has 1 saturated heterocycles. The maximum absolute atomic E-state index is 13.7. The molecule has 3 aromatic rings. The molecule has 1 fully saturated rings. The third-order valence-corrected chi connectivity index (χ3v) is 6.21. The van der Waals surface area contributed by atoms with E-state index in [9.17, 15) is 14.7 Å². The van der Waals surface area contributed by atoms with Crippen molar-refractivity contribution in [2.45, 2.75) is 6.42 Å². The molecular formula is C27H30N4O4. The summed E-state index contributed by atoms with van der Waals surface area (Å²) >= 11 is 0. The van der Waals surface area contributed by atoms with Crippen LogP contribution in [0.4, 0.5) is 17.1 Å². The number of rotatable bonds is 5. The Bertz CT molecular complexity index is 1170. The van der Waals surface area contributed by atoms with Crippen molar-refractivity contribution in [1.82, 2.24) is 4.90 Å². The number of carbonyl (C=O) groups excluding carboxylic acids is 2. The van der Waals surface area contributed by atoms with E-state index in [1.54, 1.807) is 42.5 Å². The smallest absolute Gasteiger partial charge is 0.265 e. The molecule has 0 atom stereocenters. The summed E-state index contributed by atoms with van der Waals surface area (Å²) in [5.74, 6) is -0.867. The Morgan fingerprint density at radius 1 is 0.886 bits per heavy atom. The van der Waals surface area contributed by atoms with Gasteiger partial charge < -0.3 is 25.4 Å². The maximum atomic E-state index is 13.7. The number of nitrogens with zero attached hydrogens (tertiary/aromatic N) is 3. The lowest BCUT2D eigenvalue weighted by Gasteiger charge is -2.25. The standard InChI is InChI=1S/C27H30N4O4/c1-29-15-4-16-30(18-17-29)21-11-7-19(8-12-21)26(33)31(25-23(28)5-3-6-24(25)32)27(34)20-9-13-22(35-2)14-10-20/h3,5-14,32H,4,15-18,28H2,1-2H3. The molecule has 0 aliphatic carbocycles. The zero-order valence-corrected chi connectivity index (χ0v) is 20.0. The maximum Gasteiger partial charge on any atom is 0.265 e. The summed E-state index contributed by atoms with van der Waals surface area (Å²) in [5, 5.41) is 10.5. The first-order valence-corrected chi connectivity index (χ1v) is 11.5. The molecule has 8 heteroatoms. The molecule has 0 aromatic heterocycles. The summed E-state index contributed by atoms with van der Waals surface area (Å²) in [7, 11) is 3.65. The normalized spacial score (nSPS) is 14.3. The number of phenols is 1. The van der Waals surface area contributed by atoms with Gasteiger partial charge in [0, 0.05) is 36.4 Å². The Labute approximate surface area is 205 Å². The third-order valence-electron chi connectivity index (χ3n) is 6.21. The van der Waals surface area contributed by atoms with Crippen LogP contribution in [-0.4, -0.2) is 62.2 Å². The van der Waals surface area contributed by atoms with Crippen molar-refractivity contribution in [2.75, 3.05) is 55.9 Å². The second kappa shape index (κ2) is 10.5. The van der Waals surface area contributed by atoms with E-state index in [1.165, 1.54) is 19.2 Å². The summed E-state index contributed by atoms with van der Waals surface area (Å²) in [5.41, 5.74) is 7.77. The van der Waals surface area contributed by atoms with E-state index < -0.39 is 11.8 Å². The lowest BCUT2D eigenvalue weighted by molar-refractivity contribution is 0.0896. The number of methoxy groups -OCH3 is 1. The average Bonchev–Trinajstić information content (AvgIpc) is 3.10. The molecular weight excluding hydrogens is 444 g/mol. The van der Waals surface area contributed by atoms with Crippen molar-refractivity contribution >= 4 is 28.9 Å². The topological polar surface area (TPSA) is 99.3 Å². The molecule has 0 saturated carbocycles. The van der Waals surface area contributed by atoms with Crippen molar-refractivity contribution in [3.05, 3.63) is 77.9 Å². The van der Waals surface area contributed by atoms with Gasteiger partial charge in [-0.3, -0.25) is 9.59 Å². The van der Waals surface area contributed by atoms with Gasteiger partial charge in [0.05, 0.1) is 12.8 Å². The van der Waals surface area contributed by atoms with Crippen LogP contribution in [0.25, 0.3) is 0 Å². The molecule has 0 unspecified atom stereocenters. The minimum atomic E-state index is -0.606. The van der Waals surface area contributed by atoms with Gasteiger partial charge in [-0.15, -0.1) is 0 Å². The van der Waals surface area contributed by atoms with E-state index in [1.807, 2.05) is 12.1 Å². The molecule has 182 valence electrons. The fourth-order valence-electron chi connectivity index (χ4n) is 4.20. The van der Waals surface area contributed by atoms with Gasteiger partial charge in [-0.05, 0) is 80.7 Å². The van der Waals surface area contributed by atoms with Gasteiger partial charge in [0.15, 0.2) is 0 Å². The van der Waals surface area contributed by atoms with Crippen molar-refractivity contribution < 1.29 is 19.4 Å². The summed E-state index contributed by atoms with van der Waals surface area (Å²) in [6.07, 6.45) is 1.06. The van der Waals surface area contributed by atoms with E-state index in [0.29, 0.717) is 11.3 Å².